The topological polar surface area (TPSA) is 831 Å². The van der Waals surface area contributed by atoms with Crippen molar-refractivity contribution in [3.63, 3.8) is 0 Å². The van der Waals surface area contributed by atoms with Crippen LogP contribution in [-0.4, -0.2) is 207 Å². The zero-order chi connectivity index (χ0) is 75.5. The Balaban J connectivity index is -0.000000278. The molecule has 8 aliphatic rings. The SMILES string of the molecule is CC(C)C1NC(=O)C2N=C(OC2C)C(C(C)C)NC(=O)C2N=C(OC2C)C(C(C)C)NC(=O)C2N=C1OC2C.CC(C)C1NC(=O)C2N=C(OC2C)C(C(C)C)NC(=O)C2N=C(OC2C)C(C(C)C)NC(=O)C2N=C1OC2C.O.O.O.O.O.[Ag+].[Ag+].[Ag+].[Ag+].[O-][Cl+3]([O-])([O-])[O-].[O-][Cl+3]([O-])([O-])[O-].[O-][Cl+3]([O-])([O-])[O-].[O-][Cl+3]([O-])([O-])[O-]. The number of fused-ring (bicyclic) bond motifs is 6. The Labute approximate surface area is 686 Å². The van der Waals surface area contributed by atoms with Crippen molar-refractivity contribution in [2.75, 3.05) is 0 Å². The van der Waals surface area contributed by atoms with Crippen LogP contribution in [0.4, 0.5) is 0 Å². The number of nitrogens with one attached hydrogen (secondary N) is 6. The Bertz CT molecular complexity index is 2480. The second-order valence-electron chi connectivity index (χ2n) is 25.3. The molecule has 0 aromatic heterocycles. The summed E-state index contributed by atoms with van der Waals surface area (Å²) >= 11 is 0. The summed E-state index contributed by atoms with van der Waals surface area (Å²) in [6, 6.07) is -8.27. The molecule has 0 saturated carbocycles. The standard InChI is InChI=1S/2C27H42N6O6.4Ag.4ClHO4.5H2O/c2*1-10(2)16-25-31-20(13(7)37-25)23(35)29-18(12(5)6)27-33-21(15(9)39-27)24(36)30-17(11(3)4)26-32-19(14(8)38-26)22(34)28-16;;;;;4*2-1(3,4)5;;;;;/h2*10-21H,1-9H3,(H,28,34)(H,29,35)(H,30,36);;;;;4*(H,2,3,4,5);5*1H2/q;;4*+1;;;;;;;;;/p-4. The molecule has 640 valence electrons. The molecule has 0 fully saturated rings. The molecule has 0 aliphatic carbocycles. The van der Waals surface area contributed by atoms with Crippen molar-refractivity contribution in [1.82, 2.24) is 31.9 Å². The minimum atomic E-state index is -4.94. The molecule has 107 heavy (non-hydrogen) atoms. The summed E-state index contributed by atoms with van der Waals surface area (Å²) in [5, 5.41) is 18.1. The number of hydrogen-bond donors (Lipinski definition) is 6. The van der Waals surface area contributed by atoms with Gasteiger partial charge in [-0.05, 0) is 77.0 Å². The van der Waals surface area contributed by atoms with E-state index in [0.717, 1.165) is 0 Å². The molecule has 8 heterocycles. The third-order valence-corrected chi connectivity index (χ3v) is 15.1. The van der Waals surface area contributed by atoms with E-state index in [-0.39, 0.29) is 188 Å². The van der Waals surface area contributed by atoms with Crippen LogP contribution in [0.1, 0.15) is 125 Å². The predicted molar refractivity (Wildman–Crippen MR) is 309 cm³/mol. The first-order valence-electron chi connectivity index (χ1n) is 30.3. The van der Waals surface area contributed by atoms with Gasteiger partial charge in [0.15, 0.2) is 36.3 Å². The molecule has 0 aromatic carbocycles. The van der Waals surface area contributed by atoms with Crippen LogP contribution < -0.4 is 106 Å². The van der Waals surface area contributed by atoms with Gasteiger partial charge in [-0.1, -0.05) is 83.1 Å². The van der Waals surface area contributed by atoms with Crippen LogP contribution in [0.2, 0.25) is 0 Å². The maximum absolute atomic E-state index is 13.4. The monoisotopic (exact) mass is 2010 g/mol. The van der Waals surface area contributed by atoms with Gasteiger partial charge >= 0.3 is 89.5 Å². The number of rotatable bonds is 6. The molecule has 8 rings (SSSR count). The number of amides is 6. The number of carbonyl (C=O) groups excluding carboxylic acids is 6. The molecule has 6 amide bonds. The van der Waals surface area contributed by atoms with Crippen LogP contribution in [0.25, 0.3) is 0 Å². The van der Waals surface area contributed by atoms with Crippen molar-refractivity contribution in [1.29, 1.82) is 0 Å². The van der Waals surface area contributed by atoms with Crippen molar-refractivity contribution in [3.05, 3.63) is 0 Å². The van der Waals surface area contributed by atoms with Crippen molar-refractivity contribution in [3.8, 4) is 0 Å². The fraction of sp³-hybridized carbons (Fsp3) is 0.778. The van der Waals surface area contributed by atoms with Gasteiger partial charge in [0.25, 0.3) is 0 Å². The summed E-state index contributed by atoms with van der Waals surface area (Å²) in [5.41, 5.74) is 0. The first-order valence-corrected chi connectivity index (χ1v) is 35.2. The van der Waals surface area contributed by atoms with E-state index >= 15 is 0 Å². The van der Waals surface area contributed by atoms with Crippen LogP contribution in [0.5, 0.6) is 0 Å². The molecule has 0 radical (unpaired) electrons. The fourth-order valence-corrected chi connectivity index (χ4v) is 10.2. The Morgan fingerprint density at radius 2 is 0.327 bits per heavy atom. The molecule has 18 atom stereocenters. The van der Waals surface area contributed by atoms with Gasteiger partial charge in [0.05, 0.1) is 0 Å². The summed E-state index contributed by atoms with van der Waals surface area (Å²) in [6.45, 7) is 33.9. The number of hydrogen-bond acceptors (Lipinski definition) is 34. The van der Waals surface area contributed by atoms with Gasteiger partial charge in [0.1, 0.15) is 72.9 Å². The van der Waals surface area contributed by atoms with Gasteiger partial charge < -0.3 is 87.7 Å². The second-order valence-corrected chi connectivity index (χ2v) is 28.3. The largest absolute Gasteiger partial charge is 1.00 e. The summed E-state index contributed by atoms with van der Waals surface area (Å²) in [4.78, 5) is 108. The Morgan fingerprint density at radius 3 is 0.402 bits per heavy atom. The average Bonchev–Trinajstić information content (AvgIpc) is 1.66. The Kier molecular flexibility index (Phi) is 54.2. The quantitative estimate of drug-likeness (QED) is 0.135. The molecule has 0 saturated heterocycles. The van der Waals surface area contributed by atoms with Crippen molar-refractivity contribution in [2.45, 2.75) is 234 Å². The zero-order valence-corrected chi connectivity index (χ0v) is 69.1. The maximum atomic E-state index is 13.4. The van der Waals surface area contributed by atoms with Crippen molar-refractivity contribution >= 4 is 70.8 Å². The number of nitrogens with zero attached hydrogens (tertiary/aromatic N) is 6. The van der Waals surface area contributed by atoms with Gasteiger partial charge in [-0.15, -0.1) is 41.0 Å². The van der Waals surface area contributed by atoms with E-state index in [4.69, 9.17) is 103 Å². The first kappa shape index (κ1) is 117. The van der Waals surface area contributed by atoms with Gasteiger partial charge in [-0.2, -0.15) is 0 Å². The molecule has 0 spiro atoms. The molecule has 53 heteroatoms. The van der Waals surface area contributed by atoms with Gasteiger partial charge in [-0.3, -0.25) is 28.8 Å². The number of aliphatic imine (C=N–C) groups is 6. The third kappa shape index (κ3) is 38.5. The molecule has 0 aromatic rings. The second kappa shape index (κ2) is 49.5. The predicted octanol–water partition coefficient (Wildman–Crippen LogP) is -21.2. The minimum absolute atomic E-state index is 0. The fourth-order valence-electron chi connectivity index (χ4n) is 10.2. The summed E-state index contributed by atoms with van der Waals surface area (Å²) < 4.78 is 172. The van der Waals surface area contributed by atoms with E-state index in [1.54, 1.807) is 41.5 Å². The summed E-state index contributed by atoms with van der Waals surface area (Å²) in [5.74, 6) is -0.647. The van der Waals surface area contributed by atoms with Gasteiger partial charge in [0.2, 0.25) is 70.8 Å². The zero-order valence-electron chi connectivity index (χ0n) is 60.2. The molecule has 12 bridgehead atoms. The van der Waals surface area contributed by atoms with Crippen molar-refractivity contribution < 1.29 is 290 Å². The van der Waals surface area contributed by atoms with E-state index in [1.165, 1.54) is 0 Å². The van der Waals surface area contributed by atoms with Crippen LogP contribution in [0.3, 0.4) is 0 Å². The minimum Gasteiger partial charge on any atom is -0.474 e. The molecular weight excluding hydrogens is 1920 g/mol. The first-order chi connectivity index (χ1) is 44.6. The summed E-state index contributed by atoms with van der Waals surface area (Å²) in [7, 11) is -19.8. The Morgan fingerprint density at radius 1 is 0.243 bits per heavy atom. The molecule has 8 aliphatic heterocycles. The Hall–Kier alpha value is -3.08. The van der Waals surface area contributed by atoms with Crippen LogP contribution >= 0.6 is 0 Å². The van der Waals surface area contributed by atoms with Crippen molar-refractivity contribution in [2.24, 2.45) is 65.5 Å². The van der Waals surface area contributed by atoms with Gasteiger partial charge in [-0.25, -0.2) is 104 Å². The van der Waals surface area contributed by atoms with Gasteiger partial charge in [0, 0.05) is 0 Å². The molecule has 16 N–H and O–H groups in total. The number of halogens is 4. The van der Waals surface area contributed by atoms with E-state index in [9.17, 15) is 28.8 Å². The van der Waals surface area contributed by atoms with Crippen LogP contribution in [0, 0.1) is 76.5 Å². The third-order valence-electron chi connectivity index (χ3n) is 15.1. The van der Waals surface area contributed by atoms with E-state index in [1.807, 2.05) is 83.1 Å². The molecule has 18 unspecified atom stereocenters. The molecular formula is C54H94Ag4Cl4N12O33. The number of carbonyl (C=O) groups is 6. The van der Waals surface area contributed by atoms with Crippen LogP contribution in [0.15, 0.2) is 30.0 Å². The maximum Gasteiger partial charge on any atom is 1.00 e. The van der Waals surface area contributed by atoms with Crippen LogP contribution in [-0.2, 0) is 147 Å². The molecule has 45 nitrogen and oxygen atoms in total. The normalized spacial score (nSPS) is 29.3. The number of ether oxygens (including phenoxy) is 6. The van der Waals surface area contributed by atoms with E-state index in [0.29, 0.717) is 35.4 Å². The van der Waals surface area contributed by atoms with E-state index in [2.05, 4.69) is 61.9 Å². The average molecular weight is 2010 g/mol. The van der Waals surface area contributed by atoms with E-state index < -0.39 is 150 Å². The smallest absolute Gasteiger partial charge is 0.474 e. The summed E-state index contributed by atoms with van der Waals surface area (Å²) in [6.07, 6.45) is -3.24.